The van der Waals surface area contributed by atoms with E-state index >= 15 is 0 Å². The summed E-state index contributed by atoms with van der Waals surface area (Å²) >= 11 is 0. The summed E-state index contributed by atoms with van der Waals surface area (Å²) in [5, 5.41) is 0. The van der Waals surface area contributed by atoms with Gasteiger partial charge in [-0.25, -0.2) is 4.39 Å². The van der Waals surface area contributed by atoms with E-state index in [0.29, 0.717) is 18.7 Å². The van der Waals surface area contributed by atoms with Crippen LogP contribution in [0.2, 0.25) is 0 Å². The highest BCUT2D eigenvalue weighted by Crippen LogP contribution is 2.30. The number of likely N-dealkylation sites (N-methyl/N-ethyl adjacent to an activating group) is 1. The van der Waals surface area contributed by atoms with Crippen molar-refractivity contribution in [1.29, 1.82) is 0 Å². The lowest BCUT2D eigenvalue weighted by atomic mass is 9.97. The number of hydrogen-bond acceptors (Lipinski definition) is 4. The van der Waals surface area contributed by atoms with E-state index in [4.69, 9.17) is 4.74 Å². The third-order valence-corrected chi connectivity index (χ3v) is 5.23. The summed E-state index contributed by atoms with van der Waals surface area (Å²) in [7, 11) is 1.66. The van der Waals surface area contributed by atoms with Crippen LogP contribution >= 0.6 is 0 Å². The van der Waals surface area contributed by atoms with Gasteiger partial charge in [0.05, 0.1) is 6.04 Å². The third-order valence-electron chi connectivity index (χ3n) is 5.23. The Balaban J connectivity index is 1.79. The zero-order valence-electron chi connectivity index (χ0n) is 15.6. The number of hydrogen-bond donors (Lipinski definition) is 0. The van der Waals surface area contributed by atoms with Gasteiger partial charge in [0.15, 0.2) is 6.10 Å². The maximum absolute atomic E-state index is 13.3. The molecule has 1 aromatic carbocycles. The molecule has 3 rings (SSSR count). The molecule has 2 aliphatic heterocycles. The molecule has 6 nitrogen and oxygen atoms in total. The van der Waals surface area contributed by atoms with Crippen LogP contribution in [0.5, 0.6) is 0 Å². The first-order valence-corrected chi connectivity index (χ1v) is 9.26. The molecule has 7 heteroatoms. The second-order valence-corrected chi connectivity index (χ2v) is 7.00. The second kappa shape index (κ2) is 8.63. The van der Waals surface area contributed by atoms with Crippen LogP contribution in [0, 0.1) is 5.82 Å². The number of halogens is 1. The molecule has 146 valence electrons. The molecule has 0 spiro atoms. The Bertz CT molecular complexity index is 694. The molecule has 2 fully saturated rings. The standard InChI is InChI=1S/C20H26FN3O3/c1-3-9-23-10-4-11-24(13-12-23)20(26)19-18(22(2)17(25)14-27-19)15-5-7-16(21)8-6-15/h3,5-8,18-19H,1,4,9-14H2,2H3. The number of carbonyl (C=O) groups is 2. The van der Waals surface area contributed by atoms with Crippen LogP contribution in [-0.2, 0) is 14.3 Å². The minimum absolute atomic E-state index is 0.121. The molecule has 2 saturated heterocycles. The summed E-state index contributed by atoms with van der Waals surface area (Å²) in [5.74, 6) is -0.673. The van der Waals surface area contributed by atoms with Crippen molar-refractivity contribution in [3.05, 3.63) is 48.3 Å². The van der Waals surface area contributed by atoms with Gasteiger partial charge in [-0.05, 0) is 24.1 Å². The number of amides is 2. The lowest BCUT2D eigenvalue weighted by Gasteiger charge is -2.40. The fourth-order valence-corrected chi connectivity index (χ4v) is 3.71. The summed E-state index contributed by atoms with van der Waals surface area (Å²) < 4.78 is 19.0. The predicted octanol–water partition coefficient (Wildman–Crippen LogP) is 1.44. The van der Waals surface area contributed by atoms with E-state index in [1.54, 1.807) is 19.2 Å². The minimum atomic E-state index is -0.788. The molecule has 0 bridgehead atoms. The number of carbonyl (C=O) groups excluding carboxylic acids is 2. The SMILES string of the molecule is C=CCN1CCCN(C(=O)C2OCC(=O)N(C)C2c2ccc(F)cc2)CC1. The highest BCUT2D eigenvalue weighted by molar-refractivity contribution is 5.86. The molecule has 27 heavy (non-hydrogen) atoms. The lowest BCUT2D eigenvalue weighted by molar-refractivity contribution is -0.167. The van der Waals surface area contributed by atoms with Crippen molar-refractivity contribution in [2.24, 2.45) is 0 Å². The Morgan fingerprint density at radius 3 is 2.70 bits per heavy atom. The Kier molecular flexibility index (Phi) is 6.23. The van der Waals surface area contributed by atoms with E-state index in [9.17, 15) is 14.0 Å². The molecule has 2 amide bonds. The van der Waals surface area contributed by atoms with Crippen molar-refractivity contribution < 1.29 is 18.7 Å². The van der Waals surface area contributed by atoms with Gasteiger partial charge in [0.25, 0.3) is 5.91 Å². The summed E-state index contributed by atoms with van der Waals surface area (Å²) in [6, 6.07) is 5.32. The van der Waals surface area contributed by atoms with Crippen LogP contribution in [0.3, 0.4) is 0 Å². The molecule has 2 unspecified atom stereocenters. The Morgan fingerprint density at radius 2 is 2.00 bits per heavy atom. The quantitative estimate of drug-likeness (QED) is 0.748. The molecule has 2 heterocycles. The van der Waals surface area contributed by atoms with Gasteiger partial charge in [-0.1, -0.05) is 18.2 Å². The first-order chi connectivity index (χ1) is 13.0. The minimum Gasteiger partial charge on any atom is -0.356 e. The first kappa shape index (κ1) is 19.5. The average Bonchev–Trinajstić information content (AvgIpc) is 2.90. The van der Waals surface area contributed by atoms with Crippen LogP contribution in [0.15, 0.2) is 36.9 Å². The Morgan fingerprint density at radius 1 is 1.26 bits per heavy atom. The molecule has 1 aromatic rings. The number of morpholine rings is 1. The normalized spacial score (nSPS) is 24.6. The molecule has 0 saturated carbocycles. The summed E-state index contributed by atoms with van der Waals surface area (Å²) in [6.45, 7) is 7.41. The van der Waals surface area contributed by atoms with Gasteiger partial charge in [-0.3, -0.25) is 14.5 Å². The Hall–Kier alpha value is -2.25. The lowest BCUT2D eigenvalue weighted by Crippen LogP contribution is -2.54. The van der Waals surface area contributed by atoms with Crippen molar-refractivity contribution in [1.82, 2.24) is 14.7 Å². The van der Waals surface area contributed by atoms with Crippen molar-refractivity contribution in [3.63, 3.8) is 0 Å². The molecule has 0 aliphatic carbocycles. The molecule has 2 aliphatic rings. The predicted molar refractivity (Wildman–Crippen MR) is 99.5 cm³/mol. The number of benzene rings is 1. The van der Waals surface area contributed by atoms with Crippen LogP contribution < -0.4 is 0 Å². The molecule has 0 aromatic heterocycles. The monoisotopic (exact) mass is 375 g/mol. The summed E-state index contributed by atoms with van der Waals surface area (Å²) in [5.41, 5.74) is 0.688. The zero-order chi connectivity index (χ0) is 19.4. The largest absolute Gasteiger partial charge is 0.356 e. The maximum Gasteiger partial charge on any atom is 0.254 e. The van der Waals surface area contributed by atoms with Crippen LogP contribution in [0.4, 0.5) is 4.39 Å². The van der Waals surface area contributed by atoms with E-state index in [1.807, 2.05) is 11.0 Å². The van der Waals surface area contributed by atoms with Crippen molar-refractivity contribution in [3.8, 4) is 0 Å². The molecule has 0 N–H and O–H groups in total. The van der Waals surface area contributed by atoms with Gasteiger partial charge in [0, 0.05) is 39.8 Å². The molecule has 0 radical (unpaired) electrons. The first-order valence-electron chi connectivity index (χ1n) is 9.26. The van der Waals surface area contributed by atoms with Crippen molar-refractivity contribution in [2.75, 3.05) is 46.4 Å². The highest BCUT2D eigenvalue weighted by Gasteiger charge is 2.42. The van der Waals surface area contributed by atoms with Gasteiger partial charge >= 0.3 is 0 Å². The summed E-state index contributed by atoms with van der Waals surface area (Å²) in [6.07, 6.45) is 1.96. The Labute approximate surface area is 159 Å². The second-order valence-electron chi connectivity index (χ2n) is 7.00. The van der Waals surface area contributed by atoms with E-state index in [1.165, 1.54) is 17.0 Å². The maximum atomic E-state index is 13.3. The van der Waals surface area contributed by atoms with E-state index in [-0.39, 0.29) is 24.2 Å². The zero-order valence-corrected chi connectivity index (χ0v) is 15.6. The third kappa shape index (κ3) is 4.36. The van der Waals surface area contributed by atoms with Gasteiger partial charge < -0.3 is 14.5 Å². The summed E-state index contributed by atoms with van der Waals surface area (Å²) in [4.78, 5) is 31.0. The molecular formula is C20H26FN3O3. The van der Waals surface area contributed by atoms with Crippen molar-refractivity contribution >= 4 is 11.8 Å². The van der Waals surface area contributed by atoms with Gasteiger partial charge in [0.1, 0.15) is 12.4 Å². The fraction of sp³-hybridized carbons (Fsp3) is 0.500. The molecular weight excluding hydrogens is 349 g/mol. The van der Waals surface area contributed by atoms with Crippen LogP contribution in [0.1, 0.15) is 18.0 Å². The fourth-order valence-electron chi connectivity index (χ4n) is 3.71. The van der Waals surface area contributed by atoms with Gasteiger partial charge in [0.2, 0.25) is 5.91 Å². The topological polar surface area (TPSA) is 53.1 Å². The van der Waals surface area contributed by atoms with E-state index in [0.717, 1.165) is 26.1 Å². The van der Waals surface area contributed by atoms with Gasteiger partial charge in [-0.2, -0.15) is 0 Å². The van der Waals surface area contributed by atoms with Crippen LogP contribution in [0.25, 0.3) is 0 Å². The number of rotatable bonds is 4. The van der Waals surface area contributed by atoms with Gasteiger partial charge in [-0.15, -0.1) is 6.58 Å². The van der Waals surface area contributed by atoms with E-state index < -0.39 is 12.1 Å². The smallest absolute Gasteiger partial charge is 0.254 e. The number of nitrogens with zero attached hydrogens (tertiary/aromatic N) is 3. The highest BCUT2D eigenvalue weighted by atomic mass is 19.1. The average molecular weight is 375 g/mol. The number of ether oxygens (including phenoxy) is 1. The van der Waals surface area contributed by atoms with E-state index in [2.05, 4.69) is 11.5 Å². The molecule has 2 atom stereocenters. The van der Waals surface area contributed by atoms with Crippen molar-refractivity contribution in [2.45, 2.75) is 18.6 Å². The van der Waals surface area contributed by atoms with Crippen LogP contribution in [-0.4, -0.2) is 79.0 Å².